The van der Waals surface area contributed by atoms with E-state index >= 15 is 0 Å². The third-order valence-electron chi connectivity index (χ3n) is 11.1. The highest BCUT2D eigenvalue weighted by Crippen LogP contribution is 2.30. The van der Waals surface area contributed by atoms with E-state index in [1.54, 1.807) is 74.5 Å². The smallest absolute Gasteiger partial charge is 0.327 e. The van der Waals surface area contributed by atoms with Crippen LogP contribution in [0, 0.1) is 11.8 Å². The third kappa shape index (κ3) is 16.7. The van der Waals surface area contributed by atoms with Crippen LogP contribution in [-0.4, -0.2) is 111 Å². The van der Waals surface area contributed by atoms with Crippen molar-refractivity contribution < 1.29 is 58.5 Å². The number of hydrogen-bond donors (Lipinski definition) is 10. The summed E-state index contributed by atoms with van der Waals surface area (Å²) in [5.41, 5.74) is 1.10. The Hall–Kier alpha value is -5.98. The second-order valence-corrected chi connectivity index (χ2v) is 16.2. The highest BCUT2D eigenvalue weighted by molar-refractivity contribution is 7.80. The lowest BCUT2D eigenvalue weighted by molar-refractivity contribution is -0.142. The fraction of sp³-hybridized carbons (Fsp3) is 0.523. The Balaban J connectivity index is 2.09. The predicted octanol–water partition coefficient (Wildman–Crippen LogP) is 2.12. The molecule has 2 aromatic carbocycles. The number of carboxylic acids is 3. The summed E-state index contributed by atoms with van der Waals surface area (Å²) in [7, 11) is 0. The molecule has 1 aliphatic carbocycles. The first-order valence-corrected chi connectivity index (χ1v) is 21.7. The Morgan fingerprint density at radius 1 is 0.619 bits per heavy atom. The lowest BCUT2D eigenvalue weighted by Crippen LogP contribution is -2.61. The van der Waals surface area contributed by atoms with Crippen molar-refractivity contribution >= 4 is 66.0 Å². The molecule has 6 amide bonds. The maximum absolute atomic E-state index is 14.9. The summed E-state index contributed by atoms with van der Waals surface area (Å²) in [6.07, 6.45) is 3.12. The second-order valence-electron chi connectivity index (χ2n) is 15.9. The number of amides is 6. The van der Waals surface area contributed by atoms with Crippen molar-refractivity contribution in [2.45, 2.75) is 127 Å². The summed E-state index contributed by atoms with van der Waals surface area (Å²) in [5.74, 6) is -10.9. The molecule has 0 aliphatic heterocycles. The van der Waals surface area contributed by atoms with E-state index in [4.69, 9.17) is 0 Å². The fourth-order valence-corrected chi connectivity index (χ4v) is 7.79. The molecule has 9 N–H and O–H groups in total. The lowest BCUT2D eigenvalue weighted by atomic mass is 9.83. The molecule has 1 aliphatic rings. The molecule has 7 atom stereocenters. The average Bonchev–Trinajstić information content (AvgIpc) is 3.25. The SMILES string of the molecule is CC[C@@H](C)[C@@H](NC(=O)[C@@H](NC(=O)[C@H](CCC(=O)O)NC(=O)[C@H](CC(=O)O)NC(C)=O)C(c1ccccc1)c1ccccc1)C(=O)N[C@@H](CC1CCCCC1)C(=O)N[C@H](CS)C(=O)O. The largest absolute Gasteiger partial charge is 0.481 e. The summed E-state index contributed by atoms with van der Waals surface area (Å²) in [6, 6.07) is 8.64. The van der Waals surface area contributed by atoms with E-state index in [2.05, 4.69) is 44.5 Å². The van der Waals surface area contributed by atoms with E-state index < -0.39 is 121 Å². The molecule has 1 fully saturated rings. The molecule has 19 heteroatoms. The van der Waals surface area contributed by atoms with Crippen LogP contribution in [0.2, 0.25) is 0 Å². The van der Waals surface area contributed by atoms with Gasteiger partial charge in [0.15, 0.2) is 0 Å². The van der Waals surface area contributed by atoms with Gasteiger partial charge in [0.05, 0.1) is 6.42 Å². The van der Waals surface area contributed by atoms with Crippen LogP contribution < -0.4 is 31.9 Å². The van der Waals surface area contributed by atoms with Gasteiger partial charge in [-0.05, 0) is 35.8 Å². The summed E-state index contributed by atoms with van der Waals surface area (Å²) >= 11 is 4.06. The second kappa shape index (κ2) is 25.8. The quantitative estimate of drug-likeness (QED) is 0.0642. The zero-order chi connectivity index (χ0) is 46.6. The number of benzene rings is 2. The molecule has 0 saturated heterocycles. The Morgan fingerprint density at radius 2 is 1.11 bits per heavy atom. The minimum absolute atomic E-state index is 0.0648. The van der Waals surface area contributed by atoms with E-state index in [0.29, 0.717) is 17.5 Å². The van der Waals surface area contributed by atoms with Gasteiger partial charge in [-0.2, -0.15) is 12.6 Å². The summed E-state index contributed by atoms with van der Waals surface area (Å²) < 4.78 is 0. The highest BCUT2D eigenvalue weighted by atomic mass is 32.1. The molecule has 18 nitrogen and oxygen atoms in total. The standard InChI is InChI=1S/C44H60N6O12S/c1-4-25(2)37(42(59)47-31(22-27-14-8-5-9-15-27)40(57)48-33(24-63)44(61)62)49-43(60)38(36(28-16-10-6-11-17-28)29-18-12-7-13-19-29)50-39(56)30(20-21-34(52)53)46-41(58)32(23-35(54)55)45-26(3)51/h6-7,10-13,16-19,25,27,30-33,36-38,63H,4-5,8-9,14-15,20-24H2,1-3H3,(H,45,51)(H,46,58)(H,47,59)(H,48,57)(H,49,60)(H,50,56)(H,52,53)(H,54,55)(H,61,62)/t25-,30+,31+,32+,33-,37-,38+/m1/s1. The summed E-state index contributed by atoms with van der Waals surface area (Å²) in [6.45, 7) is 4.56. The number of carboxylic acid groups (broad SMARTS) is 3. The Labute approximate surface area is 371 Å². The Kier molecular flexibility index (Phi) is 21.1. The highest BCUT2D eigenvalue weighted by Gasteiger charge is 2.39. The van der Waals surface area contributed by atoms with Gasteiger partial charge in [-0.3, -0.25) is 38.4 Å². The van der Waals surface area contributed by atoms with Crippen molar-refractivity contribution in [2.75, 3.05) is 5.75 Å². The minimum atomic E-state index is -1.65. The van der Waals surface area contributed by atoms with Gasteiger partial charge < -0.3 is 47.2 Å². The third-order valence-corrected chi connectivity index (χ3v) is 11.5. The zero-order valence-electron chi connectivity index (χ0n) is 35.7. The fourth-order valence-electron chi connectivity index (χ4n) is 7.54. The van der Waals surface area contributed by atoms with Crippen LogP contribution in [-0.2, 0) is 43.2 Å². The van der Waals surface area contributed by atoms with Crippen LogP contribution >= 0.6 is 12.6 Å². The zero-order valence-corrected chi connectivity index (χ0v) is 36.6. The van der Waals surface area contributed by atoms with Crippen LogP contribution in [0.4, 0.5) is 0 Å². The van der Waals surface area contributed by atoms with Gasteiger partial charge in [-0.25, -0.2) is 4.79 Å². The van der Waals surface area contributed by atoms with E-state index in [9.17, 15) is 58.5 Å². The van der Waals surface area contributed by atoms with Crippen molar-refractivity contribution in [1.29, 1.82) is 0 Å². The number of aliphatic carboxylic acids is 3. The van der Waals surface area contributed by atoms with E-state index in [1.807, 2.05) is 0 Å². The van der Waals surface area contributed by atoms with E-state index in [-0.39, 0.29) is 18.1 Å². The minimum Gasteiger partial charge on any atom is -0.481 e. The van der Waals surface area contributed by atoms with E-state index in [1.165, 1.54) is 0 Å². The van der Waals surface area contributed by atoms with Crippen LogP contribution in [0.5, 0.6) is 0 Å². The molecule has 2 aromatic rings. The van der Waals surface area contributed by atoms with Gasteiger partial charge in [-0.15, -0.1) is 0 Å². The van der Waals surface area contributed by atoms with Crippen LogP contribution in [0.3, 0.4) is 0 Å². The molecule has 0 aromatic heterocycles. The number of thiol groups is 1. The molecule has 3 rings (SSSR count). The van der Waals surface area contributed by atoms with Gasteiger partial charge >= 0.3 is 17.9 Å². The molecular formula is C44H60N6O12S. The Morgan fingerprint density at radius 3 is 1.60 bits per heavy atom. The topological polar surface area (TPSA) is 286 Å². The van der Waals surface area contributed by atoms with Gasteiger partial charge in [-0.1, -0.05) is 113 Å². The summed E-state index contributed by atoms with van der Waals surface area (Å²) in [4.78, 5) is 118. The first-order chi connectivity index (χ1) is 29.9. The van der Waals surface area contributed by atoms with E-state index in [0.717, 1.165) is 39.0 Å². The molecule has 0 bridgehead atoms. The molecule has 0 radical (unpaired) electrons. The van der Waals surface area contributed by atoms with Gasteiger partial charge in [0.2, 0.25) is 35.4 Å². The number of carbonyl (C=O) groups excluding carboxylic acids is 6. The molecular weight excluding hydrogens is 837 g/mol. The number of rotatable bonds is 25. The van der Waals surface area contributed by atoms with Crippen molar-refractivity contribution in [3.8, 4) is 0 Å². The average molecular weight is 897 g/mol. The first kappa shape index (κ1) is 51.4. The summed E-state index contributed by atoms with van der Waals surface area (Å²) in [5, 5.41) is 43.9. The molecule has 344 valence electrons. The molecule has 63 heavy (non-hydrogen) atoms. The Bertz CT molecular complexity index is 1840. The van der Waals surface area contributed by atoms with Gasteiger partial charge in [0.25, 0.3) is 0 Å². The van der Waals surface area contributed by atoms with Crippen LogP contribution in [0.15, 0.2) is 60.7 Å². The maximum atomic E-state index is 14.9. The van der Waals surface area contributed by atoms with Crippen molar-refractivity contribution in [1.82, 2.24) is 31.9 Å². The number of nitrogens with one attached hydrogen (secondary N) is 6. The molecule has 1 saturated carbocycles. The van der Waals surface area contributed by atoms with Crippen LogP contribution in [0.25, 0.3) is 0 Å². The van der Waals surface area contributed by atoms with Crippen molar-refractivity contribution in [3.63, 3.8) is 0 Å². The van der Waals surface area contributed by atoms with Crippen molar-refractivity contribution in [2.24, 2.45) is 11.8 Å². The van der Waals surface area contributed by atoms with Crippen LogP contribution in [0.1, 0.15) is 102 Å². The number of carbonyl (C=O) groups is 9. The normalized spacial score (nSPS) is 16.1. The maximum Gasteiger partial charge on any atom is 0.327 e. The molecule has 0 heterocycles. The lowest BCUT2D eigenvalue weighted by Gasteiger charge is -2.33. The molecule has 0 spiro atoms. The first-order valence-electron chi connectivity index (χ1n) is 21.1. The van der Waals surface area contributed by atoms with Gasteiger partial charge in [0, 0.05) is 25.0 Å². The predicted molar refractivity (Wildman–Crippen MR) is 233 cm³/mol. The molecule has 0 unspecified atom stereocenters. The van der Waals surface area contributed by atoms with Gasteiger partial charge in [0.1, 0.15) is 36.3 Å². The number of hydrogen-bond acceptors (Lipinski definition) is 10. The van der Waals surface area contributed by atoms with Crippen molar-refractivity contribution in [3.05, 3.63) is 71.8 Å². The monoisotopic (exact) mass is 896 g/mol.